The molecule has 0 aliphatic carbocycles. The maximum Gasteiger partial charge on any atom is 0.416 e. The summed E-state index contributed by atoms with van der Waals surface area (Å²) < 4.78 is 48.8. The lowest BCUT2D eigenvalue weighted by molar-refractivity contribution is -0.137. The molecule has 0 unspecified atom stereocenters. The molecule has 0 radical (unpaired) electrons. The van der Waals surface area contributed by atoms with Crippen LogP contribution in [0.25, 0.3) is 0 Å². The molecule has 0 atom stereocenters. The number of alkyl halides is 3. The Balaban J connectivity index is 1.84. The van der Waals surface area contributed by atoms with Crippen LogP contribution in [-0.2, 0) is 15.7 Å². The number of aliphatic imine (C=N–C) groups is 1. The molecule has 3 rings (SSSR count). The zero-order chi connectivity index (χ0) is 17.0. The van der Waals surface area contributed by atoms with E-state index in [1.165, 1.54) is 12.1 Å². The van der Waals surface area contributed by atoms with Gasteiger partial charge in [-0.2, -0.15) is 13.2 Å². The first kappa shape index (κ1) is 17.0. The largest absolute Gasteiger partial charge is 0.416 e. The van der Waals surface area contributed by atoms with Gasteiger partial charge in [-0.15, -0.1) is 0 Å². The van der Waals surface area contributed by atoms with Crippen molar-refractivity contribution in [2.75, 3.05) is 52.6 Å². The van der Waals surface area contributed by atoms with Crippen LogP contribution >= 0.6 is 0 Å². The third-order valence-electron chi connectivity index (χ3n) is 4.01. The van der Waals surface area contributed by atoms with Gasteiger partial charge in [-0.3, -0.25) is 0 Å². The molecule has 0 N–H and O–H groups in total. The maximum atomic E-state index is 12.7. The third-order valence-corrected chi connectivity index (χ3v) is 4.01. The zero-order valence-electron chi connectivity index (χ0n) is 13.3. The number of hydrogen-bond acceptors (Lipinski definition) is 3. The van der Waals surface area contributed by atoms with Crippen LogP contribution in [0.4, 0.5) is 18.9 Å². The molecule has 0 spiro atoms. The summed E-state index contributed by atoms with van der Waals surface area (Å²) >= 11 is 0. The predicted molar refractivity (Wildman–Crippen MR) is 83.3 cm³/mol. The van der Waals surface area contributed by atoms with Gasteiger partial charge in [-0.25, -0.2) is 4.99 Å². The van der Waals surface area contributed by atoms with Crippen molar-refractivity contribution in [2.45, 2.75) is 6.18 Å². The van der Waals surface area contributed by atoms with Crippen molar-refractivity contribution in [2.24, 2.45) is 4.99 Å². The summed E-state index contributed by atoms with van der Waals surface area (Å²) in [5.74, 6) is 0.779. The topological polar surface area (TPSA) is 37.3 Å². The van der Waals surface area contributed by atoms with Crippen LogP contribution in [0.3, 0.4) is 0 Å². The molecule has 1 aromatic carbocycles. The van der Waals surface area contributed by atoms with Gasteiger partial charge in [0.15, 0.2) is 0 Å². The van der Waals surface area contributed by atoms with E-state index in [9.17, 15) is 13.2 Å². The standard InChI is InChI=1S/C16H20F3N3O2/c17-16(18,19)13-1-3-14(4-2-13)20-15(21-5-9-23-10-6-21)22-7-11-24-12-8-22/h1-4H,5-12H2. The maximum absolute atomic E-state index is 12.7. The fourth-order valence-electron chi connectivity index (χ4n) is 2.71. The Labute approximate surface area is 138 Å². The quantitative estimate of drug-likeness (QED) is 0.580. The Kier molecular flexibility index (Phi) is 5.25. The van der Waals surface area contributed by atoms with E-state index < -0.39 is 11.7 Å². The average molecular weight is 343 g/mol. The Morgan fingerprint density at radius 3 is 1.71 bits per heavy atom. The number of rotatable bonds is 1. The molecular formula is C16H20F3N3O2. The molecule has 2 fully saturated rings. The molecule has 1 aromatic rings. The van der Waals surface area contributed by atoms with Crippen molar-refractivity contribution in [1.29, 1.82) is 0 Å². The average Bonchev–Trinajstić information content (AvgIpc) is 2.61. The number of halogens is 3. The Morgan fingerprint density at radius 2 is 1.29 bits per heavy atom. The van der Waals surface area contributed by atoms with E-state index >= 15 is 0 Å². The second kappa shape index (κ2) is 7.40. The van der Waals surface area contributed by atoms with Gasteiger partial charge in [-0.1, -0.05) is 0 Å². The van der Waals surface area contributed by atoms with E-state index in [0.29, 0.717) is 32.1 Å². The van der Waals surface area contributed by atoms with Crippen molar-refractivity contribution >= 4 is 11.6 Å². The lowest BCUT2D eigenvalue weighted by atomic mass is 10.2. The highest BCUT2D eigenvalue weighted by Gasteiger charge is 2.30. The van der Waals surface area contributed by atoms with Crippen molar-refractivity contribution in [3.63, 3.8) is 0 Å². The zero-order valence-corrected chi connectivity index (χ0v) is 13.3. The number of morpholine rings is 2. The number of hydrogen-bond donors (Lipinski definition) is 0. The number of benzene rings is 1. The van der Waals surface area contributed by atoms with Gasteiger partial charge in [0.1, 0.15) is 0 Å². The third kappa shape index (κ3) is 4.18. The molecular weight excluding hydrogens is 323 g/mol. The van der Waals surface area contributed by atoms with E-state index in [-0.39, 0.29) is 0 Å². The summed E-state index contributed by atoms with van der Waals surface area (Å²) in [5.41, 5.74) is -0.156. The normalized spacial score (nSPS) is 19.3. The second-order valence-corrected chi connectivity index (χ2v) is 5.66. The molecule has 2 aliphatic heterocycles. The van der Waals surface area contributed by atoms with Crippen LogP contribution in [0.1, 0.15) is 5.56 Å². The van der Waals surface area contributed by atoms with Crippen molar-refractivity contribution in [3.05, 3.63) is 29.8 Å². The summed E-state index contributed by atoms with van der Waals surface area (Å²) in [6.07, 6.45) is -4.33. The molecule has 2 heterocycles. The summed E-state index contributed by atoms with van der Waals surface area (Å²) in [6, 6.07) is 4.94. The smallest absolute Gasteiger partial charge is 0.378 e. The highest BCUT2D eigenvalue weighted by molar-refractivity contribution is 5.83. The van der Waals surface area contributed by atoms with Crippen LogP contribution in [0.2, 0.25) is 0 Å². The molecule has 24 heavy (non-hydrogen) atoms. The van der Waals surface area contributed by atoms with Crippen LogP contribution in [0, 0.1) is 0 Å². The minimum Gasteiger partial charge on any atom is -0.378 e. The molecule has 8 heteroatoms. The van der Waals surface area contributed by atoms with Gasteiger partial charge in [0.05, 0.1) is 37.7 Å². The first-order valence-corrected chi connectivity index (χ1v) is 7.95. The fraction of sp³-hybridized carbons (Fsp3) is 0.562. The highest BCUT2D eigenvalue weighted by atomic mass is 19.4. The van der Waals surface area contributed by atoms with Gasteiger partial charge in [0.25, 0.3) is 0 Å². The van der Waals surface area contributed by atoms with E-state index in [0.717, 1.165) is 44.3 Å². The van der Waals surface area contributed by atoms with E-state index in [4.69, 9.17) is 9.47 Å². The molecule has 0 amide bonds. The summed E-state index contributed by atoms with van der Waals surface area (Å²) in [7, 11) is 0. The first-order chi connectivity index (χ1) is 11.5. The molecule has 2 saturated heterocycles. The Hall–Kier alpha value is -1.80. The van der Waals surface area contributed by atoms with Crippen LogP contribution in [0.5, 0.6) is 0 Å². The minimum atomic E-state index is -4.33. The van der Waals surface area contributed by atoms with Gasteiger partial charge < -0.3 is 19.3 Å². The Bertz CT molecular complexity index is 543. The summed E-state index contributed by atoms with van der Waals surface area (Å²) in [4.78, 5) is 8.85. The lowest BCUT2D eigenvalue weighted by Gasteiger charge is -2.38. The van der Waals surface area contributed by atoms with Gasteiger partial charge in [0.2, 0.25) is 5.96 Å². The monoisotopic (exact) mass is 343 g/mol. The molecule has 2 aliphatic rings. The van der Waals surface area contributed by atoms with Crippen LogP contribution in [-0.4, -0.2) is 68.4 Å². The van der Waals surface area contributed by atoms with Crippen molar-refractivity contribution in [1.82, 2.24) is 9.80 Å². The van der Waals surface area contributed by atoms with Gasteiger partial charge in [0, 0.05) is 26.2 Å². The lowest BCUT2D eigenvalue weighted by Crippen LogP contribution is -2.52. The predicted octanol–water partition coefficient (Wildman–Crippen LogP) is 2.36. The Morgan fingerprint density at radius 1 is 0.833 bits per heavy atom. The molecule has 0 bridgehead atoms. The number of guanidine groups is 1. The van der Waals surface area contributed by atoms with Crippen LogP contribution in [0.15, 0.2) is 29.3 Å². The van der Waals surface area contributed by atoms with Crippen LogP contribution < -0.4 is 0 Å². The molecule has 0 saturated carbocycles. The minimum absolute atomic E-state index is 0.510. The summed E-state index contributed by atoms with van der Waals surface area (Å²) in [5, 5.41) is 0. The van der Waals surface area contributed by atoms with Crippen molar-refractivity contribution in [3.8, 4) is 0 Å². The number of ether oxygens (including phenoxy) is 2. The highest BCUT2D eigenvalue weighted by Crippen LogP contribution is 2.30. The first-order valence-electron chi connectivity index (χ1n) is 7.95. The van der Waals surface area contributed by atoms with Crippen molar-refractivity contribution < 1.29 is 22.6 Å². The fourth-order valence-corrected chi connectivity index (χ4v) is 2.71. The SMILES string of the molecule is FC(F)(F)c1ccc(N=C(N2CCOCC2)N2CCOCC2)cc1. The van der Waals surface area contributed by atoms with Gasteiger partial charge in [-0.05, 0) is 24.3 Å². The summed E-state index contributed by atoms with van der Waals surface area (Å²) in [6.45, 7) is 5.36. The second-order valence-electron chi connectivity index (χ2n) is 5.66. The van der Waals surface area contributed by atoms with Gasteiger partial charge >= 0.3 is 6.18 Å². The van der Waals surface area contributed by atoms with E-state index in [1.54, 1.807) is 0 Å². The molecule has 132 valence electrons. The molecule has 5 nitrogen and oxygen atoms in total. The molecule has 0 aromatic heterocycles. The number of nitrogens with zero attached hydrogens (tertiary/aromatic N) is 3. The van der Waals surface area contributed by atoms with E-state index in [2.05, 4.69) is 14.8 Å². The van der Waals surface area contributed by atoms with E-state index in [1.807, 2.05) is 0 Å².